The van der Waals surface area contributed by atoms with Gasteiger partial charge in [0.2, 0.25) is 0 Å². The molecule has 0 aliphatic carbocycles. The van der Waals surface area contributed by atoms with Crippen molar-refractivity contribution in [1.82, 2.24) is 4.90 Å². The van der Waals surface area contributed by atoms with Gasteiger partial charge in [-0.15, -0.1) is 0 Å². The quantitative estimate of drug-likeness (QED) is 0.725. The van der Waals surface area contributed by atoms with Crippen LogP contribution in [0.15, 0.2) is 11.4 Å². The van der Waals surface area contributed by atoms with Gasteiger partial charge in [-0.3, -0.25) is 0 Å². The molecule has 0 aromatic carbocycles. The number of carbonyl (C=O) groups is 2. The molecule has 1 heterocycles. The number of halogens is 1. The Morgan fingerprint density at radius 1 is 1.37 bits per heavy atom. The van der Waals surface area contributed by atoms with Crippen molar-refractivity contribution >= 4 is 12.1 Å². The van der Waals surface area contributed by atoms with Crippen LogP contribution in [0.3, 0.4) is 0 Å². The first-order valence-corrected chi connectivity index (χ1v) is 6.27. The highest BCUT2D eigenvalue weighted by atomic mass is 19.1. The molecule has 1 aliphatic heterocycles. The molecular formula is C13H20FNO4. The van der Waals surface area contributed by atoms with E-state index in [1.807, 2.05) is 0 Å². The van der Waals surface area contributed by atoms with E-state index in [0.717, 1.165) is 0 Å². The van der Waals surface area contributed by atoms with Gasteiger partial charge in [-0.05, 0) is 34.1 Å². The van der Waals surface area contributed by atoms with Gasteiger partial charge in [0, 0.05) is 6.54 Å². The van der Waals surface area contributed by atoms with Crippen LogP contribution in [0, 0.1) is 0 Å². The first-order chi connectivity index (χ1) is 8.74. The van der Waals surface area contributed by atoms with E-state index in [1.54, 1.807) is 27.7 Å². The standard InChI is InChI=1S/C13H20FNO4/c1-5-18-11(16)9-6-7-15(8-10(9)14)12(17)19-13(2,3)4/h5-8H2,1-4H3. The van der Waals surface area contributed by atoms with Crippen LogP contribution in [0.4, 0.5) is 9.18 Å². The molecule has 19 heavy (non-hydrogen) atoms. The van der Waals surface area contributed by atoms with Gasteiger partial charge in [-0.2, -0.15) is 0 Å². The number of hydrogen-bond donors (Lipinski definition) is 0. The summed E-state index contributed by atoms with van der Waals surface area (Å²) in [7, 11) is 0. The topological polar surface area (TPSA) is 55.8 Å². The van der Waals surface area contributed by atoms with Crippen molar-refractivity contribution in [2.75, 3.05) is 19.7 Å². The van der Waals surface area contributed by atoms with Crippen LogP contribution in [0.5, 0.6) is 0 Å². The first kappa shape index (κ1) is 15.5. The Balaban J connectivity index is 2.68. The van der Waals surface area contributed by atoms with Crippen molar-refractivity contribution in [2.24, 2.45) is 0 Å². The van der Waals surface area contributed by atoms with Gasteiger partial charge < -0.3 is 14.4 Å². The zero-order chi connectivity index (χ0) is 14.6. The Morgan fingerprint density at radius 3 is 2.47 bits per heavy atom. The third kappa shape index (κ3) is 4.54. The average molecular weight is 273 g/mol. The maximum Gasteiger partial charge on any atom is 0.410 e. The molecule has 5 nitrogen and oxygen atoms in total. The van der Waals surface area contributed by atoms with Gasteiger partial charge in [-0.1, -0.05) is 0 Å². The van der Waals surface area contributed by atoms with Crippen LogP contribution in [0.25, 0.3) is 0 Å². The van der Waals surface area contributed by atoms with E-state index in [-0.39, 0.29) is 31.7 Å². The Kier molecular flexibility index (Phi) is 4.91. The predicted octanol–water partition coefficient (Wildman–Crippen LogP) is 2.41. The first-order valence-electron chi connectivity index (χ1n) is 6.27. The Morgan fingerprint density at radius 2 is 2.00 bits per heavy atom. The van der Waals surface area contributed by atoms with Gasteiger partial charge in [0.15, 0.2) is 0 Å². The number of rotatable bonds is 2. The fourth-order valence-corrected chi connectivity index (χ4v) is 1.64. The van der Waals surface area contributed by atoms with Gasteiger partial charge in [0.05, 0.1) is 18.7 Å². The fraction of sp³-hybridized carbons (Fsp3) is 0.692. The minimum atomic E-state index is -0.649. The highest BCUT2D eigenvalue weighted by molar-refractivity contribution is 5.89. The van der Waals surface area contributed by atoms with Crippen molar-refractivity contribution in [1.29, 1.82) is 0 Å². The lowest BCUT2D eigenvalue weighted by molar-refractivity contribution is -0.139. The molecule has 0 N–H and O–H groups in total. The Labute approximate surface area is 112 Å². The normalized spacial score (nSPS) is 16.4. The lowest BCUT2D eigenvalue weighted by atomic mass is 10.1. The van der Waals surface area contributed by atoms with Gasteiger partial charge in [0.25, 0.3) is 0 Å². The maximum atomic E-state index is 13.8. The SMILES string of the molecule is CCOC(=O)C1=C(F)CN(C(=O)OC(C)(C)C)CC1. The summed E-state index contributed by atoms with van der Waals surface area (Å²) in [5.74, 6) is -1.28. The minimum absolute atomic E-state index is 0.0154. The average Bonchev–Trinajstić information content (AvgIpc) is 2.26. The summed E-state index contributed by atoms with van der Waals surface area (Å²) in [5, 5.41) is 0. The van der Waals surface area contributed by atoms with Crippen LogP contribution in [0.1, 0.15) is 34.1 Å². The van der Waals surface area contributed by atoms with Crippen molar-refractivity contribution in [3.05, 3.63) is 11.4 Å². The summed E-state index contributed by atoms with van der Waals surface area (Å²) in [5.41, 5.74) is -0.611. The summed E-state index contributed by atoms with van der Waals surface area (Å²) >= 11 is 0. The highest BCUT2D eigenvalue weighted by Gasteiger charge is 2.30. The van der Waals surface area contributed by atoms with Gasteiger partial charge in [0.1, 0.15) is 11.4 Å². The molecule has 6 heteroatoms. The summed E-state index contributed by atoms with van der Waals surface area (Å²) in [6, 6.07) is 0. The number of esters is 1. The lowest BCUT2D eigenvalue weighted by Crippen LogP contribution is -2.41. The highest BCUT2D eigenvalue weighted by Crippen LogP contribution is 2.22. The molecule has 108 valence electrons. The minimum Gasteiger partial charge on any atom is -0.463 e. The van der Waals surface area contributed by atoms with E-state index in [0.29, 0.717) is 0 Å². The molecule has 0 fully saturated rings. The lowest BCUT2D eigenvalue weighted by Gasteiger charge is -2.29. The Hall–Kier alpha value is -1.59. The second-order valence-electron chi connectivity index (χ2n) is 5.26. The largest absolute Gasteiger partial charge is 0.463 e. The molecule has 0 saturated carbocycles. The van der Waals surface area contributed by atoms with E-state index in [4.69, 9.17) is 9.47 Å². The van der Waals surface area contributed by atoms with Crippen LogP contribution in [0.2, 0.25) is 0 Å². The number of ether oxygens (including phenoxy) is 2. The van der Waals surface area contributed by atoms with Gasteiger partial charge >= 0.3 is 12.1 Å². The second kappa shape index (κ2) is 6.04. The second-order valence-corrected chi connectivity index (χ2v) is 5.26. The van der Waals surface area contributed by atoms with Crippen LogP contribution in [-0.2, 0) is 14.3 Å². The number of hydrogen-bond acceptors (Lipinski definition) is 4. The van der Waals surface area contributed by atoms with Crippen molar-refractivity contribution in [3.63, 3.8) is 0 Å². The summed E-state index contributed by atoms with van der Waals surface area (Å²) in [4.78, 5) is 24.5. The summed E-state index contributed by atoms with van der Waals surface area (Å²) in [6.45, 7) is 7.08. The van der Waals surface area contributed by atoms with E-state index >= 15 is 0 Å². The van der Waals surface area contributed by atoms with E-state index < -0.39 is 23.5 Å². The van der Waals surface area contributed by atoms with Crippen LogP contribution >= 0.6 is 0 Å². The van der Waals surface area contributed by atoms with Gasteiger partial charge in [-0.25, -0.2) is 14.0 Å². The van der Waals surface area contributed by atoms with E-state index in [1.165, 1.54) is 4.90 Å². The molecule has 0 saturated heterocycles. The molecule has 0 aromatic rings. The zero-order valence-electron chi connectivity index (χ0n) is 11.8. The fourth-order valence-electron chi connectivity index (χ4n) is 1.64. The summed E-state index contributed by atoms with van der Waals surface area (Å²) in [6.07, 6.45) is -0.435. The molecule has 0 bridgehead atoms. The number of amides is 1. The van der Waals surface area contributed by atoms with Crippen LogP contribution in [-0.4, -0.2) is 42.3 Å². The molecule has 0 spiro atoms. The van der Waals surface area contributed by atoms with Crippen LogP contribution < -0.4 is 0 Å². The molecule has 0 unspecified atom stereocenters. The number of nitrogens with zero attached hydrogens (tertiary/aromatic N) is 1. The van der Waals surface area contributed by atoms with E-state index in [9.17, 15) is 14.0 Å². The smallest absolute Gasteiger partial charge is 0.410 e. The summed E-state index contributed by atoms with van der Waals surface area (Å²) < 4.78 is 23.7. The maximum absolute atomic E-state index is 13.8. The van der Waals surface area contributed by atoms with Crippen molar-refractivity contribution in [2.45, 2.75) is 39.7 Å². The van der Waals surface area contributed by atoms with Crippen molar-refractivity contribution in [3.8, 4) is 0 Å². The molecule has 0 atom stereocenters. The predicted molar refractivity (Wildman–Crippen MR) is 67.2 cm³/mol. The molecular weight excluding hydrogens is 253 g/mol. The monoisotopic (exact) mass is 273 g/mol. The molecule has 1 amide bonds. The molecule has 1 rings (SSSR count). The third-order valence-electron chi connectivity index (χ3n) is 2.46. The molecule has 0 radical (unpaired) electrons. The van der Waals surface area contributed by atoms with Crippen molar-refractivity contribution < 1.29 is 23.5 Å². The molecule has 0 aromatic heterocycles. The third-order valence-corrected chi connectivity index (χ3v) is 2.46. The Bertz CT molecular complexity index is 398. The molecule has 1 aliphatic rings. The zero-order valence-corrected chi connectivity index (χ0v) is 11.8. The number of carbonyl (C=O) groups excluding carboxylic acids is 2. The van der Waals surface area contributed by atoms with E-state index in [2.05, 4.69) is 0 Å².